The summed E-state index contributed by atoms with van der Waals surface area (Å²) in [5, 5.41) is 15.3. The molecular formula is C18H23N3O4. The van der Waals surface area contributed by atoms with E-state index in [9.17, 15) is 14.7 Å². The molecule has 7 heteroatoms. The van der Waals surface area contributed by atoms with E-state index in [2.05, 4.69) is 12.0 Å². The molecule has 1 saturated heterocycles. The molecule has 0 aromatic heterocycles. The summed E-state index contributed by atoms with van der Waals surface area (Å²) in [7, 11) is 1.65. The van der Waals surface area contributed by atoms with Gasteiger partial charge in [0, 0.05) is 26.6 Å². The lowest BCUT2D eigenvalue weighted by Crippen LogP contribution is -2.48. The van der Waals surface area contributed by atoms with Crippen molar-refractivity contribution in [2.24, 2.45) is 11.0 Å². The first-order chi connectivity index (χ1) is 12.0. The van der Waals surface area contributed by atoms with Gasteiger partial charge in [-0.15, -0.1) is 0 Å². The van der Waals surface area contributed by atoms with E-state index in [0.29, 0.717) is 30.4 Å². The first kappa shape index (κ1) is 17.4. The number of aliphatic carboxylic acids is 1. The van der Waals surface area contributed by atoms with Crippen LogP contribution in [0.15, 0.2) is 35.4 Å². The van der Waals surface area contributed by atoms with Crippen LogP contribution >= 0.6 is 0 Å². The predicted octanol–water partition coefficient (Wildman–Crippen LogP) is 1.59. The normalized spacial score (nSPS) is 26.5. The summed E-state index contributed by atoms with van der Waals surface area (Å²) in [4.78, 5) is 26.2. The number of para-hydroxylation sites is 1. The van der Waals surface area contributed by atoms with Gasteiger partial charge in [-0.3, -0.25) is 9.80 Å². The first-order valence-corrected chi connectivity index (χ1v) is 8.48. The number of hydrazone groups is 1. The van der Waals surface area contributed by atoms with Crippen molar-refractivity contribution in [1.29, 1.82) is 0 Å². The van der Waals surface area contributed by atoms with Crippen LogP contribution < -0.4 is 5.01 Å². The molecule has 3 rings (SSSR count). The van der Waals surface area contributed by atoms with Gasteiger partial charge in [0.15, 0.2) is 6.04 Å². The highest BCUT2D eigenvalue weighted by atomic mass is 16.5. The molecule has 0 radical (unpaired) electrons. The highest BCUT2D eigenvalue weighted by Gasteiger charge is 2.39. The van der Waals surface area contributed by atoms with Gasteiger partial charge in [-0.1, -0.05) is 25.1 Å². The molecule has 2 aliphatic rings. The fraction of sp³-hybridized carbons (Fsp3) is 0.500. The van der Waals surface area contributed by atoms with Crippen LogP contribution in [0.3, 0.4) is 0 Å². The number of hydrogen-bond acceptors (Lipinski definition) is 5. The molecule has 0 spiro atoms. The lowest BCUT2D eigenvalue weighted by Gasteiger charge is -2.36. The van der Waals surface area contributed by atoms with E-state index < -0.39 is 12.0 Å². The number of carboxylic acids is 1. The summed E-state index contributed by atoms with van der Waals surface area (Å²) in [6.07, 6.45) is 0.967. The second kappa shape index (κ2) is 7.23. The summed E-state index contributed by atoms with van der Waals surface area (Å²) in [6, 6.07) is 8.21. The number of rotatable bonds is 4. The smallest absolute Gasteiger partial charge is 0.328 e. The molecule has 0 saturated carbocycles. The lowest BCUT2D eigenvalue weighted by molar-refractivity contribution is -0.138. The summed E-state index contributed by atoms with van der Waals surface area (Å²) >= 11 is 0. The maximum absolute atomic E-state index is 12.8. The molecular weight excluding hydrogens is 322 g/mol. The number of methoxy groups -OCH3 is 1. The number of hydrogen-bond donors (Lipinski definition) is 1. The van der Waals surface area contributed by atoms with Crippen LogP contribution in [0.5, 0.6) is 0 Å². The number of amides is 1. The summed E-state index contributed by atoms with van der Waals surface area (Å²) in [5.74, 6) is -0.789. The standard InChI is InChI=1S/C18H23N3O4/c1-12-8-9-20(11-16(12)25-2)17(22)14-10-15(18(23)24)21(19-14)13-6-4-3-5-7-13/h3-7,12,15-16H,8-11H2,1-2H3,(H,23,24). The SMILES string of the molecule is COC1CN(C(=O)C2=NN(c3ccccc3)C(C(=O)O)C2)CCC1C. The van der Waals surface area contributed by atoms with Crippen LogP contribution in [0.2, 0.25) is 0 Å². The van der Waals surface area contributed by atoms with Gasteiger partial charge in [0.2, 0.25) is 0 Å². The van der Waals surface area contributed by atoms with Crippen LogP contribution in [0.4, 0.5) is 5.69 Å². The van der Waals surface area contributed by atoms with Crippen LogP contribution in [0.25, 0.3) is 0 Å². The molecule has 1 fully saturated rings. The maximum Gasteiger partial charge on any atom is 0.328 e. The van der Waals surface area contributed by atoms with Crippen molar-refractivity contribution in [1.82, 2.24) is 4.90 Å². The highest BCUT2D eigenvalue weighted by molar-refractivity contribution is 6.40. The van der Waals surface area contributed by atoms with E-state index in [1.807, 2.05) is 18.2 Å². The van der Waals surface area contributed by atoms with E-state index in [-0.39, 0.29) is 18.4 Å². The number of carbonyl (C=O) groups is 2. The van der Waals surface area contributed by atoms with Crippen LogP contribution in [0, 0.1) is 5.92 Å². The molecule has 1 aromatic carbocycles. The molecule has 0 aliphatic carbocycles. The average Bonchev–Trinajstić information content (AvgIpc) is 3.08. The molecule has 1 amide bonds. The zero-order chi connectivity index (χ0) is 18.0. The van der Waals surface area contributed by atoms with Crippen molar-refractivity contribution < 1.29 is 19.4 Å². The third-order valence-electron chi connectivity index (χ3n) is 4.94. The molecule has 7 nitrogen and oxygen atoms in total. The molecule has 2 heterocycles. The molecule has 0 bridgehead atoms. The average molecular weight is 345 g/mol. The fourth-order valence-electron chi connectivity index (χ4n) is 3.36. The number of piperidine rings is 1. The van der Waals surface area contributed by atoms with Crippen molar-refractivity contribution in [2.75, 3.05) is 25.2 Å². The zero-order valence-electron chi connectivity index (χ0n) is 14.5. The van der Waals surface area contributed by atoms with Gasteiger partial charge < -0.3 is 14.7 Å². The van der Waals surface area contributed by atoms with Crippen molar-refractivity contribution in [3.05, 3.63) is 30.3 Å². The van der Waals surface area contributed by atoms with E-state index >= 15 is 0 Å². The van der Waals surface area contributed by atoms with Gasteiger partial charge in [-0.2, -0.15) is 5.10 Å². The Balaban J connectivity index is 1.80. The second-order valence-electron chi connectivity index (χ2n) is 6.58. The Labute approximate surface area is 146 Å². The lowest BCUT2D eigenvalue weighted by atomic mass is 9.95. The fourth-order valence-corrected chi connectivity index (χ4v) is 3.36. The van der Waals surface area contributed by atoms with Crippen molar-refractivity contribution in [3.63, 3.8) is 0 Å². The Hall–Kier alpha value is -2.41. The number of nitrogens with zero attached hydrogens (tertiary/aromatic N) is 3. The minimum Gasteiger partial charge on any atom is -0.480 e. The minimum atomic E-state index is -0.988. The Kier molecular flexibility index (Phi) is 5.03. The Bertz CT molecular complexity index is 676. The van der Waals surface area contributed by atoms with Gasteiger partial charge in [0.25, 0.3) is 5.91 Å². The van der Waals surface area contributed by atoms with E-state index in [1.165, 1.54) is 5.01 Å². The monoisotopic (exact) mass is 345 g/mol. The quantitative estimate of drug-likeness (QED) is 0.896. The van der Waals surface area contributed by atoms with Crippen LogP contribution in [-0.2, 0) is 14.3 Å². The summed E-state index contributed by atoms with van der Waals surface area (Å²) in [6.45, 7) is 3.27. The molecule has 1 aromatic rings. The van der Waals surface area contributed by atoms with Gasteiger partial charge >= 0.3 is 5.97 Å². The molecule has 3 unspecified atom stereocenters. The molecule has 3 atom stereocenters. The first-order valence-electron chi connectivity index (χ1n) is 8.48. The Morgan fingerprint density at radius 3 is 2.64 bits per heavy atom. The number of anilines is 1. The number of carboxylic acid groups (broad SMARTS) is 1. The van der Waals surface area contributed by atoms with Crippen molar-refractivity contribution in [3.8, 4) is 0 Å². The largest absolute Gasteiger partial charge is 0.480 e. The molecule has 134 valence electrons. The van der Waals surface area contributed by atoms with E-state index in [4.69, 9.17) is 4.74 Å². The van der Waals surface area contributed by atoms with Gasteiger partial charge in [0.1, 0.15) is 5.71 Å². The van der Waals surface area contributed by atoms with Gasteiger partial charge in [-0.25, -0.2) is 4.79 Å². The topological polar surface area (TPSA) is 82.4 Å². The van der Waals surface area contributed by atoms with Crippen LogP contribution in [0.1, 0.15) is 19.8 Å². The maximum atomic E-state index is 12.8. The number of likely N-dealkylation sites (tertiary alicyclic amines) is 1. The minimum absolute atomic E-state index is 0.000185. The molecule has 25 heavy (non-hydrogen) atoms. The summed E-state index contributed by atoms with van der Waals surface area (Å²) < 4.78 is 5.46. The van der Waals surface area contributed by atoms with Gasteiger partial charge in [0.05, 0.1) is 11.8 Å². The van der Waals surface area contributed by atoms with Crippen molar-refractivity contribution in [2.45, 2.75) is 31.9 Å². The van der Waals surface area contributed by atoms with Gasteiger partial charge in [-0.05, 0) is 24.5 Å². The Morgan fingerprint density at radius 1 is 1.28 bits per heavy atom. The van der Waals surface area contributed by atoms with Crippen molar-refractivity contribution >= 4 is 23.3 Å². The van der Waals surface area contributed by atoms with Crippen LogP contribution in [-0.4, -0.2) is 59.9 Å². The predicted molar refractivity (Wildman–Crippen MR) is 93.6 cm³/mol. The second-order valence-corrected chi connectivity index (χ2v) is 6.58. The summed E-state index contributed by atoms with van der Waals surface area (Å²) in [5.41, 5.74) is 0.959. The molecule has 2 aliphatic heterocycles. The third kappa shape index (κ3) is 3.51. The zero-order valence-corrected chi connectivity index (χ0v) is 14.5. The highest BCUT2D eigenvalue weighted by Crippen LogP contribution is 2.26. The Morgan fingerprint density at radius 2 is 2.00 bits per heavy atom. The third-order valence-corrected chi connectivity index (χ3v) is 4.94. The number of ether oxygens (including phenoxy) is 1. The van der Waals surface area contributed by atoms with E-state index in [0.717, 1.165) is 6.42 Å². The number of benzene rings is 1. The number of carbonyl (C=O) groups excluding carboxylic acids is 1. The molecule has 1 N–H and O–H groups in total. The van der Waals surface area contributed by atoms with E-state index in [1.54, 1.807) is 24.1 Å².